The Kier molecular flexibility index (Phi) is 5.83. The Morgan fingerprint density at radius 1 is 0.912 bits per heavy atom. The number of fused-ring (bicyclic) bond motifs is 6. The minimum atomic E-state index is -0.780. The molecule has 5 heteroatoms. The summed E-state index contributed by atoms with van der Waals surface area (Å²) in [6, 6.07) is 6.42. The second kappa shape index (κ2) is 8.68. The Labute approximate surface area is 203 Å². The zero-order chi connectivity index (χ0) is 24.0. The average molecular weight is 461 g/mol. The molecule has 0 bridgehead atoms. The molecule has 0 radical (unpaired) electrons. The first-order valence-corrected chi connectivity index (χ1v) is 12.8. The summed E-state index contributed by atoms with van der Waals surface area (Å²) in [5.74, 6) is 0.269. The van der Waals surface area contributed by atoms with Crippen LogP contribution in [-0.4, -0.2) is 43.2 Å². The van der Waals surface area contributed by atoms with Crippen molar-refractivity contribution in [3.8, 4) is 5.75 Å². The van der Waals surface area contributed by atoms with Gasteiger partial charge in [-0.25, -0.2) is 0 Å². The highest BCUT2D eigenvalue weighted by atomic mass is 16.6. The van der Waals surface area contributed by atoms with Gasteiger partial charge in [0.1, 0.15) is 11.9 Å². The molecule has 2 aliphatic heterocycles. The maximum Gasteiger partial charge on any atom is 0.314 e. The lowest BCUT2D eigenvalue weighted by atomic mass is 9.64. The number of carbonyl (C=O) groups excluding carboxylic acids is 1. The molecule has 5 unspecified atom stereocenters. The predicted octanol–water partition coefficient (Wildman–Crippen LogP) is 5.21. The number of ether oxygens (including phenoxy) is 2. The van der Waals surface area contributed by atoms with Crippen LogP contribution in [0.2, 0.25) is 0 Å². The summed E-state index contributed by atoms with van der Waals surface area (Å²) in [5, 5.41) is 0. The molecule has 5 rings (SSSR count). The van der Waals surface area contributed by atoms with Crippen molar-refractivity contribution in [2.45, 2.75) is 46.3 Å². The number of carbonyl (C=O) groups is 1. The number of likely N-dealkylation sites (N-methyl/N-ethyl adjacent to an activating group) is 1. The molecule has 0 aromatic heterocycles. The first kappa shape index (κ1) is 22.8. The number of nitrogens with zero attached hydrogens (tertiary/aromatic N) is 2. The smallest absolute Gasteiger partial charge is 0.314 e. The van der Waals surface area contributed by atoms with Crippen molar-refractivity contribution >= 4 is 11.7 Å². The van der Waals surface area contributed by atoms with E-state index in [9.17, 15) is 4.79 Å². The van der Waals surface area contributed by atoms with Crippen LogP contribution in [0.3, 0.4) is 0 Å². The van der Waals surface area contributed by atoms with E-state index in [4.69, 9.17) is 9.47 Å². The fraction of sp³-hybridized carbons (Fsp3) is 0.483. The third-order valence-corrected chi connectivity index (χ3v) is 8.00. The van der Waals surface area contributed by atoms with Crippen molar-refractivity contribution in [2.24, 2.45) is 17.8 Å². The molecule has 0 N–H and O–H groups in total. The van der Waals surface area contributed by atoms with Gasteiger partial charge in [0.25, 0.3) is 0 Å². The van der Waals surface area contributed by atoms with E-state index in [1.54, 1.807) is 0 Å². The monoisotopic (exact) mass is 460 g/mol. The van der Waals surface area contributed by atoms with E-state index in [-0.39, 0.29) is 29.8 Å². The van der Waals surface area contributed by atoms with Crippen molar-refractivity contribution < 1.29 is 14.3 Å². The molecule has 1 saturated heterocycles. The molecule has 2 aliphatic carbocycles. The molecule has 4 aliphatic rings. The van der Waals surface area contributed by atoms with E-state index >= 15 is 0 Å². The van der Waals surface area contributed by atoms with Crippen LogP contribution in [0.1, 0.15) is 40.2 Å². The maximum absolute atomic E-state index is 13.2. The van der Waals surface area contributed by atoms with Gasteiger partial charge in [-0.3, -0.25) is 4.79 Å². The third-order valence-electron chi connectivity index (χ3n) is 8.00. The second-order valence-corrected chi connectivity index (χ2v) is 9.62. The van der Waals surface area contributed by atoms with E-state index in [0.717, 1.165) is 48.8 Å². The zero-order valence-electron chi connectivity index (χ0n) is 21.0. The van der Waals surface area contributed by atoms with Crippen molar-refractivity contribution in [1.82, 2.24) is 4.90 Å². The maximum atomic E-state index is 13.2. The van der Waals surface area contributed by atoms with E-state index in [0.29, 0.717) is 0 Å². The van der Waals surface area contributed by atoms with Gasteiger partial charge in [-0.05, 0) is 58.9 Å². The van der Waals surface area contributed by atoms with Crippen LogP contribution in [0.4, 0.5) is 5.69 Å². The molecule has 1 spiro atoms. The number of hydrogen-bond donors (Lipinski definition) is 0. The molecule has 5 atom stereocenters. The summed E-state index contributed by atoms with van der Waals surface area (Å²) in [6.45, 7) is 14.4. The third kappa shape index (κ3) is 3.31. The molecule has 1 aromatic carbocycles. The van der Waals surface area contributed by atoms with Gasteiger partial charge in [0.2, 0.25) is 0 Å². The highest BCUT2D eigenvalue weighted by Crippen LogP contribution is 2.59. The summed E-state index contributed by atoms with van der Waals surface area (Å²) in [7, 11) is 0. The number of allylic oxidation sites excluding steroid dienone is 3. The number of rotatable bonds is 6. The second-order valence-electron chi connectivity index (χ2n) is 9.62. The Balaban J connectivity index is 1.67. The van der Waals surface area contributed by atoms with Crippen LogP contribution >= 0.6 is 0 Å². The lowest BCUT2D eigenvalue weighted by Crippen LogP contribution is -2.51. The molecule has 0 saturated carbocycles. The number of benzene rings is 1. The molecule has 180 valence electrons. The molecule has 2 heterocycles. The van der Waals surface area contributed by atoms with Crippen LogP contribution in [0.5, 0.6) is 5.75 Å². The van der Waals surface area contributed by atoms with Crippen LogP contribution in [-0.2, 0) is 15.1 Å². The van der Waals surface area contributed by atoms with Gasteiger partial charge in [0, 0.05) is 55.1 Å². The van der Waals surface area contributed by atoms with Crippen molar-refractivity contribution in [3.63, 3.8) is 0 Å². The van der Waals surface area contributed by atoms with Gasteiger partial charge < -0.3 is 19.3 Å². The van der Waals surface area contributed by atoms with E-state index in [1.807, 2.05) is 6.92 Å². The Morgan fingerprint density at radius 3 is 2.32 bits per heavy atom. The molecule has 0 amide bonds. The normalized spacial score (nSPS) is 30.6. The molecule has 1 fully saturated rings. The Bertz CT molecular complexity index is 1090. The topological polar surface area (TPSA) is 42.0 Å². The van der Waals surface area contributed by atoms with E-state index in [2.05, 4.69) is 92.1 Å². The first-order chi connectivity index (χ1) is 16.5. The molecular formula is C29H36N2O3. The SMILES string of the molecule is CCN(CC)C1=CC2Oc3cc(N(CC)CC)ccc3C3(OC(=O)C4C=C(C)C=CC43)C2C=C1. The summed E-state index contributed by atoms with van der Waals surface area (Å²) in [6.07, 6.45) is 12.8. The van der Waals surface area contributed by atoms with Gasteiger partial charge in [-0.2, -0.15) is 0 Å². The van der Waals surface area contributed by atoms with Crippen LogP contribution in [0.25, 0.3) is 0 Å². The number of anilines is 1. The van der Waals surface area contributed by atoms with Crippen LogP contribution < -0.4 is 9.64 Å². The molecule has 34 heavy (non-hydrogen) atoms. The Hall–Kier alpha value is -2.95. The van der Waals surface area contributed by atoms with Crippen molar-refractivity contribution in [2.75, 3.05) is 31.1 Å². The molecule has 1 aromatic rings. The first-order valence-electron chi connectivity index (χ1n) is 12.8. The summed E-state index contributed by atoms with van der Waals surface area (Å²) in [5.41, 5.74) is 3.61. The lowest BCUT2D eigenvalue weighted by molar-refractivity contribution is -0.159. The predicted molar refractivity (Wildman–Crippen MR) is 136 cm³/mol. The molecular weight excluding hydrogens is 424 g/mol. The Morgan fingerprint density at radius 2 is 1.62 bits per heavy atom. The van der Waals surface area contributed by atoms with Crippen molar-refractivity contribution in [1.29, 1.82) is 0 Å². The summed E-state index contributed by atoms with van der Waals surface area (Å²) >= 11 is 0. The summed E-state index contributed by atoms with van der Waals surface area (Å²) < 4.78 is 13.2. The quantitative estimate of drug-likeness (QED) is 0.546. The molecule has 5 nitrogen and oxygen atoms in total. The van der Waals surface area contributed by atoms with Crippen LogP contribution in [0.15, 0.2) is 65.9 Å². The van der Waals surface area contributed by atoms with Gasteiger partial charge >= 0.3 is 5.97 Å². The van der Waals surface area contributed by atoms with Gasteiger partial charge in [-0.15, -0.1) is 0 Å². The van der Waals surface area contributed by atoms with Crippen LogP contribution in [0, 0.1) is 17.8 Å². The average Bonchev–Trinajstić information content (AvgIpc) is 3.12. The minimum absolute atomic E-state index is 0.0637. The summed E-state index contributed by atoms with van der Waals surface area (Å²) in [4.78, 5) is 17.9. The fourth-order valence-electron chi connectivity index (χ4n) is 6.25. The van der Waals surface area contributed by atoms with Gasteiger partial charge in [0.05, 0.1) is 11.8 Å². The lowest BCUT2D eigenvalue weighted by Gasteiger charge is -2.48. The fourth-order valence-corrected chi connectivity index (χ4v) is 6.25. The van der Waals surface area contributed by atoms with Crippen molar-refractivity contribution in [3.05, 3.63) is 71.5 Å². The van der Waals surface area contributed by atoms with E-state index < -0.39 is 5.60 Å². The van der Waals surface area contributed by atoms with Gasteiger partial charge in [-0.1, -0.05) is 29.9 Å². The number of hydrogen-bond acceptors (Lipinski definition) is 5. The standard InChI is InChI=1S/C29H36N2O3/c1-6-30(7-2)20-11-14-24-26(17-20)33-27-18-21(31(8-3)9-4)12-15-25(27)29(24)23-13-10-19(5)16-22(23)28(32)34-29/h10-18,22-24,26H,6-9H2,1-5H3. The largest absolute Gasteiger partial charge is 0.485 e. The highest BCUT2D eigenvalue weighted by molar-refractivity contribution is 5.81. The minimum Gasteiger partial charge on any atom is -0.485 e. The van der Waals surface area contributed by atoms with Gasteiger partial charge in [0.15, 0.2) is 5.60 Å². The van der Waals surface area contributed by atoms with E-state index in [1.165, 1.54) is 5.70 Å². The number of esters is 1. The zero-order valence-corrected chi connectivity index (χ0v) is 21.0. The highest BCUT2D eigenvalue weighted by Gasteiger charge is 2.63.